The molecule has 4 nitrogen and oxygen atoms in total. The first-order valence-electron chi connectivity index (χ1n) is 5.06. The van der Waals surface area contributed by atoms with Crippen molar-refractivity contribution in [3.8, 4) is 0 Å². The second-order valence-electron chi connectivity index (χ2n) is 4.15. The zero-order chi connectivity index (χ0) is 10.9. The summed E-state index contributed by atoms with van der Waals surface area (Å²) in [7, 11) is 0. The van der Waals surface area contributed by atoms with Gasteiger partial charge in [-0.05, 0) is 18.8 Å². The molecule has 1 aliphatic carbocycles. The summed E-state index contributed by atoms with van der Waals surface area (Å²) in [6.07, 6.45) is 3.01. The maximum Gasteiger partial charge on any atom is 0.186 e. The average Bonchev–Trinajstić information content (AvgIpc) is 2.73. The zero-order valence-corrected chi connectivity index (χ0v) is 10.1. The molecule has 1 heterocycles. The SMILES string of the molecule is CC1CCCC1(O)CNc1nsnc1Cl. The van der Waals surface area contributed by atoms with Crippen molar-refractivity contribution < 1.29 is 5.11 Å². The molecule has 15 heavy (non-hydrogen) atoms. The molecule has 1 aromatic rings. The van der Waals surface area contributed by atoms with Gasteiger partial charge in [0.05, 0.1) is 17.3 Å². The smallest absolute Gasteiger partial charge is 0.186 e. The van der Waals surface area contributed by atoms with E-state index in [0.717, 1.165) is 31.0 Å². The molecular formula is C9H14ClN3OS. The van der Waals surface area contributed by atoms with Crippen LogP contribution < -0.4 is 5.32 Å². The van der Waals surface area contributed by atoms with Gasteiger partial charge in [-0.25, -0.2) is 0 Å². The molecule has 1 fully saturated rings. The average molecular weight is 248 g/mol. The molecule has 0 aliphatic heterocycles. The van der Waals surface area contributed by atoms with E-state index >= 15 is 0 Å². The Morgan fingerprint density at radius 3 is 3.00 bits per heavy atom. The Labute approximate surface area is 98.0 Å². The van der Waals surface area contributed by atoms with Gasteiger partial charge in [-0.2, -0.15) is 8.75 Å². The fourth-order valence-electron chi connectivity index (χ4n) is 2.01. The van der Waals surface area contributed by atoms with Gasteiger partial charge in [-0.1, -0.05) is 24.9 Å². The molecule has 1 aliphatic rings. The normalized spacial score (nSPS) is 30.7. The first kappa shape index (κ1) is 11.1. The van der Waals surface area contributed by atoms with Crippen molar-refractivity contribution in [3.05, 3.63) is 5.15 Å². The number of nitrogens with zero attached hydrogens (tertiary/aromatic N) is 2. The minimum absolute atomic E-state index is 0.329. The van der Waals surface area contributed by atoms with E-state index in [4.69, 9.17) is 11.6 Å². The Kier molecular flexibility index (Phi) is 3.13. The Morgan fingerprint density at radius 1 is 1.67 bits per heavy atom. The van der Waals surface area contributed by atoms with E-state index in [0.29, 0.717) is 23.4 Å². The van der Waals surface area contributed by atoms with Crippen LogP contribution in [0.3, 0.4) is 0 Å². The number of aliphatic hydroxyl groups is 1. The van der Waals surface area contributed by atoms with E-state index in [1.807, 2.05) is 0 Å². The molecule has 1 aromatic heterocycles. The van der Waals surface area contributed by atoms with Crippen molar-refractivity contribution in [2.45, 2.75) is 31.8 Å². The van der Waals surface area contributed by atoms with E-state index in [9.17, 15) is 5.11 Å². The van der Waals surface area contributed by atoms with Gasteiger partial charge in [0.1, 0.15) is 0 Å². The van der Waals surface area contributed by atoms with Crippen LogP contribution in [0.5, 0.6) is 0 Å². The predicted molar refractivity (Wildman–Crippen MR) is 61.4 cm³/mol. The third-order valence-corrected chi connectivity index (χ3v) is 4.07. The predicted octanol–water partition coefficient (Wildman–Crippen LogP) is 2.15. The van der Waals surface area contributed by atoms with Gasteiger partial charge in [-0.15, -0.1) is 0 Å². The molecule has 2 unspecified atom stereocenters. The van der Waals surface area contributed by atoms with E-state index in [1.54, 1.807) is 0 Å². The molecule has 0 bridgehead atoms. The summed E-state index contributed by atoms with van der Waals surface area (Å²) in [5.41, 5.74) is -0.618. The van der Waals surface area contributed by atoms with Crippen LogP contribution in [0.1, 0.15) is 26.2 Å². The van der Waals surface area contributed by atoms with Gasteiger partial charge in [0.15, 0.2) is 11.0 Å². The van der Waals surface area contributed by atoms with Crippen molar-refractivity contribution in [1.29, 1.82) is 0 Å². The fraction of sp³-hybridized carbons (Fsp3) is 0.778. The lowest BCUT2D eigenvalue weighted by Gasteiger charge is -2.27. The fourth-order valence-corrected chi connectivity index (χ4v) is 2.70. The van der Waals surface area contributed by atoms with Crippen LogP contribution in [0.4, 0.5) is 5.82 Å². The summed E-state index contributed by atoms with van der Waals surface area (Å²) < 4.78 is 7.86. The monoisotopic (exact) mass is 247 g/mol. The van der Waals surface area contributed by atoms with E-state index in [1.165, 1.54) is 0 Å². The zero-order valence-electron chi connectivity index (χ0n) is 8.53. The van der Waals surface area contributed by atoms with Crippen LogP contribution in [-0.2, 0) is 0 Å². The number of aromatic nitrogens is 2. The topological polar surface area (TPSA) is 58.0 Å². The number of anilines is 1. The third-order valence-electron chi connectivity index (χ3n) is 3.17. The molecule has 0 spiro atoms. The van der Waals surface area contributed by atoms with E-state index in [-0.39, 0.29) is 0 Å². The Bertz CT molecular complexity index is 346. The minimum Gasteiger partial charge on any atom is -0.388 e. The summed E-state index contributed by atoms with van der Waals surface area (Å²) in [5, 5.41) is 13.7. The van der Waals surface area contributed by atoms with Crippen molar-refractivity contribution in [1.82, 2.24) is 8.75 Å². The van der Waals surface area contributed by atoms with Crippen LogP contribution >= 0.6 is 23.3 Å². The summed E-state index contributed by atoms with van der Waals surface area (Å²) in [4.78, 5) is 0. The first-order valence-corrected chi connectivity index (χ1v) is 6.17. The molecule has 2 rings (SSSR count). The van der Waals surface area contributed by atoms with Crippen molar-refractivity contribution >= 4 is 29.1 Å². The van der Waals surface area contributed by atoms with Crippen LogP contribution in [-0.4, -0.2) is 26.0 Å². The Balaban J connectivity index is 1.96. The Morgan fingerprint density at radius 2 is 2.47 bits per heavy atom. The lowest BCUT2D eigenvalue weighted by atomic mass is 9.92. The summed E-state index contributed by atoms with van der Waals surface area (Å²) in [5.74, 6) is 0.907. The highest BCUT2D eigenvalue weighted by Crippen LogP contribution is 2.35. The van der Waals surface area contributed by atoms with Gasteiger partial charge in [0.25, 0.3) is 0 Å². The summed E-state index contributed by atoms with van der Waals surface area (Å²) in [6.45, 7) is 2.58. The van der Waals surface area contributed by atoms with E-state index < -0.39 is 5.60 Å². The Hall–Kier alpha value is -0.390. The maximum atomic E-state index is 10.3. The van der Waals surface area contributed by atoms with Crippen molar-refractivity contribution in [3.63, 3.8) is 0 Å². The van der Waals surface area contributed by atoms with Gasteiger partial charge in [0, 0.05) is 6.54 Å². The van der Waals surface area contributed by atoms with Crippen molar-refractivity contribution in [2.75, 3.05) is 11.9 Å². The molecule has 0 amide bonds. The molecule has 1 saturated carbocycles. The molecule has 2 N–H and O–H groups in total. The lowest BCUT2D eigenvalue weighted by Crippen LogP contribution is -2.39. The second-order valence-corrected chi connectivity index (χ2v) is 5.04. The molecule has 84 valence electrons. The highest BCUT2D eigenvalue weighted by Gasteiger charge is 2.38. The second kappa shape index (κ2) is 4.23. The summed E-state index contributed by atoms with van der Waals surface area (Å²) >= 11 is 6.87. The first-order chi connectivity index (χ1) is 7.12. The highest BCUT2D eigenvalue weighted by molar-refractivity contribution is 6.99. The standard InChI is InChI=1S/C9H14ClN3OS/c1-6-3-2-4-9(6,14)5-11-8-7(10)12-15-13-8/h6,14H,2-5H2,1H3,(H,11,13). The lowest BCUT2D eigenvalue weighted by molar-refractivity contribution is 0.0223. The molecule has 2 atom stereocenters. The number of hydrogen-bond acceptors (Lipinski definition) is 5. The van der Waals surface area contributed by atoms with Crippen LogP contribution in [0.2, 0.25) is 5.15 Å². The summed E-state index contributed by atoms with van der Waals surface area (Å²) in [6, 6.07) is 0. The van der Waals surface area contributed by atoms with Crippen LogP contribution in [0.25, 0.3) is 0 Å². The van der Waals surface area contributed by atoms with Crippen LogP contribution in [0.15, 0.2) is 0 Å². The van der Waals surface area contributed by atoms with Gasteiger partial charge in [0.2, 0.25) is 0 Å². The third kappa shape index (κ3) is 2.24. The molecule has 6 heteroatoms. The molecule has 0 radical (unpaired) electrons. The van der Waals surface area contributed by atoms with Crippen molar-refractivity contribution in [2.24, 2.45) is 5.92 Å². The molecular weight excluding hydrogens is 234 g/mol. The maximum absolute atomic E-state index is 10.3. The number of nitrogens with one attached hydrogen (secondary N) is 1. The minimum atomic E-state index is -0.618. The highest BCUT2D eigenvalue weighted by atomic mass is 35.5. The van der Waals surface area contributed by atoms with Crippen LogP contribution in [0, 0.1) is 5.92 Å². The van der Waals surface area contributed by atoms with E-state index in [2.05, 4.69) is 21.0 Å². The largest absolute Gasteiger partial charge is 0.388 e. The van der Waals surface area contributed by atoms with Gasteiger partial charge < -0.3 is 10.4 Å². The molecule has 0 aromatic carbocycles. The van der Waals surface area contributed by atoms with Gasteiger partial charge in [-0.3, -0.25) is 0 Å². The number of rotatable bonds is 3. The molecule has 0 saturated heterocycles. The number of hydrogen-bond donors (Lipinski definition) is 2. The van der Waals surface area contributed by atoms with Gasteiger partial charge >= 0.3 is 0 Å². The number of halogens is 1. The quantitative estimate of drug-likeness (QED) is 0.860.